The van der Waals surface area contributed by atoms with Crippen molar-refractivity contribution >= 4 is 5.91 Å². The van der Waals surface area contributed by atoms with E-state index in [1.807, 2.05) is 24.3 Å². The fourth-order valence-electron chi connectivity index (χ4n) is 2.42. The predicted octanol–water partition coefficient (Wildman–Crippen LogP) is 2.17. The van der Waals surface area contributed by atoms with Crippen molar-refractivity contribution in [3.8, 4) is 28.5 Å². The number of nitrogens with two attached hydrogens (primary N) is 1. The molecule has 1 aromatic heterocycles. The number of aromatic amines is 1. The van der Waals surface area contributed by atoms with Gasteiger partial charge in [-0.05, 0) is 35.9 Å². The molecule has 3 N–H and O–H groups in total. The topological polar surface area (TPSA) is 112 Å². The number of primary amides is 1. The van der Waals surface area contributed by atoms with Gasteiger partial charge < -0.3 is 19.9 Å². The zero-order chi connectivity index (χ0) is 18.5. The minimum Gasteiger partial charge on any atom is -0.497 e. The smallest absolute Gasteiger partial charge is 0.271 e. The molecule has 0 radical (unpaired) electrons. The Morgan fingerprint density at radius 2 is 1.81 bits per heavy atom. The normalized spacial score (nSPS) is 10.4. The van der Waals surface area contributed by atoms with E-state index in [9.17, 15) is 4.79 Å². The first-order valence-corrected chi connectivity index (χ1v) is 7.77. The number of nitrogens with one attached hydrogen (secondary N) is 1. The molecule has 0 unspecified atom stereocenters. The first kappa shape index (κ1) is 17.3. The quantitative estimate of drug-likeness (QED) is 0.672. The minimum atomic E-state index is -0.660. The Morgan fingerprint density at radius 3 is 2.46 bits per heavy atom. The Kier molecular flexibility index (Phi) is 5.02. The number of carbonyl (C=O) groups is 1. The van der Waals surface area contributed by atoms with Crippen molar-refractivity contribution in [2.24, 2.45) is 5.73 Å². The summed E-state index contributed by atoms with van der Waals surface area (Å²) >= 11 is 0. The minimum absolute atomic E-state index is 0.0685. The number of benzene rings is 2. The van der Waals surface area contributed by atoms with Gasteiger partial charge in [-0.25, -0.2) is 0 Å². The van der Waals surface area contributed by atoms with Crippen LogP contribution < -0.4 is 19.9 Å². The molecule has 3 rings (SSSR count). The lowest BCUT2D eigenvalue weighted by Crippen LogP contribution is -2.12. The van der Waals surface area contributed by atoms with Crippen LogP contribution in [-0.2, 0) is 6.61 Å². The van der Waals surface area contributed by atoms with Gasteiger partial charge in [-0.1, -0.05) is 12.1 Å². The summed E-state index contributed by atoms with van der Waals surface area (Å²) in [4.78, 5) is 11.4. The largest absolute Gasteiger partial charge is 0.497 e. The molecular formula is C18H18N4O4. The van der Waals surface area contributed by atoms with Gasteiger partial charge in [0.25, 0.3) is 5.91 Å². The van der Waals surface area contributed by atoms with Gasteiger partial charge in [0.05, 0.1) is 14.2 Å². The highest BCUT2D eigenvalue weighted by atomic mass is 16.5. The molecule has 1 heterocycles. The molecule has 8 heteroatoms. The van der Waals surface area contributed by atoms with Crippen molar-refractivity contribution in [3.05, 3.63) is 53.7 Å². The fraction of sp³-hybridized carbons (Fsp3) is 0.167. The van der Waals surface area contributed by atoms with Gasteiger partial charge in [0.1, 0.15) is 18.1 Å². The van der Waals surface area contributed by atoms with Crippen LogP contribution in [0.3, 0.4) is 0 Å². The van der Waals surface area contributed by atoms with Gasteiger partial charge in [0, 0.05) is 5.56 Å². The van der Waals surface area contributed by atoms with Gasteiger partial charge in [-0.2, -0.15) is 15.4 Å². The lowest BCUT2D eigenvalue weighted by molar-refractivity contribution is 0.0996. The number of hydrogen-bond donors (Lipinski definition) is 2. The second-order valence-electron chi connectivity index (χ2n) is 5.39. The molecule has 8 nitrogen and oxygen atoms in total. The second kappa shape index (κ2) is 7.56. The summed E-state index contributed by atoms with van der Waals surface area (Å²) in [5, 5.41) is 10.1. The van der Waals surface area contributed by atoms with Crippen LogP contribution >= 0.6 is 0 Å². The van der Waals surface area contributed by atoms with Crippen molar-refractivity contribution in [1.82, 2.24) is 15.4 Å². The SMILES string of the molecule is COc1ccc(COc2ccc(-c3n[nH]nc3C(N)=O)cc2OC)cc1. The van der Waals surface area contributed by atoms with Gasteiger partial charge in [0.15, 0.2) is 17.2 Å². The van der Waals surface area contributed by atoms with E-state index in [-0.39, 0.29) is 5.69 Å². The first-order chi connectivity index (χ1) is 12.6. The van der Waals surface area contributed by atoms with Crippen molar-refractivity contribution in [1.29, 1.82) is 0 Å². The van der Waals surface area contributed by atoms with E-state index in [1.165, 1.54) is 7.11 Å². The van der Waals surface area contributed by atoms with Crippen LogP contribution in [0.15, 0.2) is 42.5 Å². The number of methoxy groups -OCH3 is 2. The summed E-state index contributed by atoms with van der Waals surface area (Å²) in [6.45, 7) is 0.371. The highest BCUT2D eigenvalue weighted by molar-refractivity contribution is 5.96. The van der Waals surface area contributed by atoms with E-state index >= 15 is 0 Å². The van der Waals surface area contributed by atoms with E-state index in [0.717, 1.165) is 11.3 Å². The van der Waals surface area contributed by atoms with E-state index < -0.39 is 5.91 Å². The molecule has 3 aromatic rings. The van der Waals surface area contributed by atoms with E-state index in [2.05, 4.69) is 15.4 Å². The number of hydrogen-bond acceptors (Lipinski definition) is 6. The van der Waals surface area contributed by atoms with Crippen LogP contribution in [0.4, 0.5) is 0 Å². The van der Waals surface area contributed by atoms with Crippen LogP contribution in [-0.4, -0.2) is 35.5 Å². The molecule has 0 aliphatic carbocycles. The Bertz CT molecular complexity index is 906. The summed E-state index contributed by atoms with van der Waals surface area (Å²) < 4.78 is 16.4. The average molecular weight is 354 g/mol. The molecule has 0 aliphatic rings. The number of aromatic nitrogens is 3. The zero-order valence-corrected chi connectivity index (χ0v) is 14.4. The third-order valence-electron chi connectivity index (χ3n) is 3.77. The molecule has 0 bridgehead atoms. The fourth-order valence-corrected chi connectivity index (χ4v) is 2.42. The summed E-state index contributed by atoms with van der Waals surface area (Å²) in [6.07, 6.45) is 0. The second-order valence-corrected chi connectivity index (χ2v) is 5.39. The molecule has 2 aromatic carbocycles. The lowest BCUT2D eigenvalue weighted by atomic mass is 10.1. The standard InChI is InChI=1S/C18H18N4O4/c1-24-13-6-3-11(4-7-13)10-26-14-8-5-12(9-15(14)25-2)16-17(18(19)23)21-22-20-16/h3-9H,10H2,1-2H3,(H2,19,23)(H,20,21,22). The average Bonchev–Trinajstić information content (AvgIpc) is 3.17. The van der Waals surface area contributed by atoms with E-state index in [4.69, 9.17) is 19.9 Å². The van der Waals surface area contributed by atoms with Crippen LogP contribution in [0.25, 0.3) is 11.3 Å². The molecule has 0 atom stereocenters. The Labute approximate surface area is 149 Å². The third-order valence-corrected chi connectivity index (χ3v) is 3.77. The molecule has 0 spiro atoms. The molecule has 0 fully saturated rings. The molecule has 0 saturated carbocycles. The number of nitrogens with zero attached hydrogens (tertiary/aromatic N) is 2. The summed E-state index contributed by atoms with van der Waals surface area (Å²) in [7, 11) is 3.16. The van der Waals surface area contributed by atoms with Crippen molar-refractivity contribution in [3.63, 3.8) is 0 Å². The Balaban J connectivity index is 1.80. The number of rotatable bonds is 7. The Morgan fingerprint density at radius 1 is 1.04 bits per heavy atom. The molecule has 0 aliphatic heterocycles. The van der Waals surface area contributed by atoms with Crippen LogP contribution in [0.1, 0.15) is 16.1 Å². The first-order valence-electron chi connectivity index (χ1n) is 7.77. The molecule has 0 saturated heterocycles. The molecule has 1 amide bonds. The highest BCUT2D eigenvalue weighted by Gasteiger charge is 2.17. The number of amides is 1. The van der Waals surface area contributed by atoms with Crippen LogP contribution in [0.2, 0.25) is 0 Å². The maximum atomic E-state index is 11.4. The van der Waals surface area contributed by atoms with Gasteiger partial charge in [0.2, 0.25) is 0 Å². The zero-order valence-electron chi connectivity index (χ0n) is 14.4. The van der Waals surface area contributed by atoms with Crippen molar-refractivity contribution in [2.45, 2.75) is 6.61 Å². The van der Waals surface area contributed by atoms with Crippen molar-refractivity contribution < 1.29 is 19.0 Å². The molecule has 26 heavy (non-hydrogen) atoms. The maximum absolute atomic E-state index is 11.4. The van der Waals surface area contributed by atoms with Crippen LogP contribution in [0, 0.1) is 0 Å². The van der Waals surface area contributed by atoms with Crippen LogP contribution in [0.5, 0.6) is 17.2 Å². The van der Waals surface area contributed by atoms with E-state index in [1.54, 1.807) is 25.3 Å². The monoisotopic (exact) mass is 354 g/mol. The highest BCUT2D eigenvalue weighted by Crippen LogP contribution is 2.33. The van der Waals surface area contributed by atoms with E-state index in [0.29, 0.717) is 29.4 Å². The lowest BCUT2D eigenvalue weighted by Gasteiger charge is -2.12. The Hall–Kier alpha value is -3.55. The third kappa shape index (κ3) is 3.59. The van der Waals surface area contributed by atoms with Crippen molar-refractivity contribution in [2.75, 3.05) is 14.2 Å². The molecular weight excluding hydrogens is 336 g/mol. The van der Waals surface area contributed by atoms with Gasteiger partial charge in [-0.3, -0.25) is 4.79 Å². The summed E-state index contributed by atoms with van der Waals surface area (Å²) in [5.41, 5.74) is 7.36. The van der Waals surface area contributed by atoms with Gasteiger partial charge in [-0.15, -0.1) is 0 Å². The molecule has 134 valence electrons. The predicted molar refractivity (Wildman–Crippen MR) is 94.2 cm³/mol. The maximum Gasteiger partial charge on any atom is 0.271 e. The number of ether oxygens (including phenoxy) is 3. The van der Waals surface area contributed by atoms with Gasteiger partial charge >= 0.3 is 0 Å². The number of carbonyl (C=O) groups excluding carboxylic acids is 1. The summed E-state index contributed by atoms with van der Waals surface area (Å²) in [5.74, 6) is 1.20. The summed E-state index contributed by atoms with van der Waals surface area (Å²) in [6, 6.07) is 12.8. The number of H-pyrrole nitrogens is 1.